The summed E-state index contributed by atoms with van der Waals surface area (Å²) in [5.74, 6) is 0.960. The van der Waals surface area contributed by atoms with Gasteiger partial charge in [-0.05, 0) is 30.7 Å². The Balaban J connectivity index is 1.52. The van der Waals surface area contributed by atoms with Crippen LogP contribution < -0.4 is 19.9 Å². The first-order valence-electron chi connectivity index (χ1n) is 9.34. The summed E-state index contributed by atoms with van der Waals surface area (Å²) in [6.07, 6.45) is 0. The van der Waals surface area contributed by atoms with Crippen molar-refractivity contribution in [3.63, 3.8) is 0 Å². The van der Waals surface area contributed by atoms with Crippen molar-refractivity contribution in [2.75, 3.05) is 38.2 Å². The molecule has 0 radical (unpaired) electrons. The summed E-state index contributed by atoms with van der Waals surface area (Å²) in [5, 5.41) is 3.70. The Hall–Kier alpha value is -2.24. The molecule has 27 heavy (non-hydrogen) atoms. The quantitative estimate of drug-likeness (QED) is 0.792. The van der Waals surface area contributed by atoms with Crippen molar-refractivity contribution in [3.05, 3.63) is 59.1 Å². The Morgan fingerprint density at radius 3 is 2.56 bits per heavy atom. The van der Waals surface area contributed by atoms with E-state index in [2.05, 4.69) is 16.3 Å². The second-order valence-corrected chi connectivity index (χ2v) is 7.26. The Morgan fingerprint density at radius 1 is 1.19 bits per heavy atom. The van der Waals surface area contributed by atoms with E-state index in [0.717, 1.165) is 43.2 Å². The highest BCUT2D eigenvalue weighted by Gasteiger charge is 2.29. The van der Waals surface area contributed by atoms with Crippen LogP contribution in [-0.4, -0.2) is 45.2 Å². The van der Waals surface area contributed by atoms with Gasteiger partial charge in [-0.3, -0.25) is 4.79 Å². The van der Waals surface area contributed by atoms with E-state index in [1.165, 1.54) is 4.90 Å². The van der Waals surface area contributed by atoms with Crippen LogP contribution in [0.1, 0.15) is 12.5 Å². The predicted octanol–water partition coefficient (Wildman–Crippen LogP) is 1.76. The van der Waals surface area contributed by atoms with E-state index in [0.29, 0.717) is 11.6 Å². The molecule has 3 rings (SSSR count). The highest BCUT2D eigenvalue weighted by molar-refractivity contribution is 6.31. The minimum Gasteiger partial charge on any atom is -0.495 e. The van der Waals surface area contributed by atoms with Crippen LogP contribution in [0.3, 0.4) is 0 Å². The lowest BCUT2D eigenvalue weighted by molar-refractivity contribution is -0.914. The fraction of sp³-hybridized carbons (Fsp3) is 0.381. The molecule has 6 heteroatoms. The number of quaternary nitrogens is 1. The zero-order valence-electron chi connectivity index (χ0n) is 15.9. The molecular formula is C21H27ClN3O2+. The first-order valence-corrected chi connectivity index (χ1v) is 9.71. The molecule has 5 nitrogen and oxygen atoms in total. The number of hydrogen-bond acceptors (Lipinski definition) is 3. The van der Waals surface area contributed by atoms with Gasteiger partial charge in [0.25, 0.3) is 5.91 Å². The molecule has 2 aromatic rings. The molecule has 0 spiro atoms. The van der Waals surface area contributed by atoms with Gasteiger partial charge in [0.1, 0.15) is 5.75 Å². The van der Waals surface area contributed by atoms with E-state index in [-0.39, 0.29) is 11.9 Å². The third-order valence-corrected chi connectivity index (χ3v) is 5.62. The Morgan fingerprint density at radius 2 is 1.85 bits per heavy atom. The number of benzene rings is 2. The van der Waals surface area contributed by atoms with Crippen molar-refractivity contribution in [2.45, 2.75) is 19.5 Å². The van der Waals surface area contributed by atoms with Gasteiger partial charge in [-0.15, -0.1) is 0 Å². The van der Waals surface area contributed by atoms with Gasteiger partial charge in [0.2, 0.25) is 0 Å². The van der Waals surface area contributed by atoms with Crippen LogP contribution in [0, 0.1) is 0 Å². The number of anilines is 1. The van der Waals surface area contributed by atoms with Crippen LogP contribution in [0.5, 0.6) is 5.75 Å². The van der Waals surface area contributed by atoms with Crippen molar-refractivity contribution in [1.82, 2.24) is 5.32 Å². The van der Waals surface area contributed by atoms with E-state index in [4.69, 9.17) is 16.3 Å². The topological polar surface area (TPSA) is 46.0 Å². The Labute approximate surface area is 165 Å². The number of para-hydroxylation sites is 2. The summed E-state index contributed by atoms with van der Waals surface area (Å²) in [6.45, 7) is 6.09. The van der Waals surface area contributed by atoms with Gasteiger partial charge in [-0.25, -0.2) is 0 Å². The molecule has 1 heterocycles. The highest BCUT2D eigenvalue weighted by Crippen LogP contribution is 2.27. The van der Waals surface area contributed by atoms with Gasteiger partial charge >= 0.3 is 0 Å². The maximum Gasteiger partial charge on any atom is 0.278 e. The van der Waals surface area contributed by atoms with E-state index in [1.54, 1.807) is 7.11 Å². The van der Waals surface area contributed by atoms with E-state index < -0.39 is 0 Å². The summed E-state index contributed by atoms with van der Waals surface area (Å²) in [6, 6.07) is 15.6. The molecule has 1 saturated heterocycles. The largest absolute Gasteiger partial charge is 0.495 e. The second kappa shape index (κ2) is 9.11. The first-order chi connectivity index (χ1) is 13.1. The first kappa shape index (κ1) is 19.5. The van der Waals surface area contributed by atoms with E-state index in [9.17, 15) is 4.79 Å². The molecule has 0 bridgehead atoms. The zero-order valence-corrected chi connectivity index (χ0v) is 16.6. The summed E-state index contributed by atoms with van der Waals surface area (Å²) < 4.78 is 5.47. The number of piperazine rings is 1. The average molecular weight is 389 g/mol. The molecule has 2 aromatic carbocycles. The lowest BCUT2D eigenvalue weighted by Gasteiger charge is -2.36. The molecule has 1 fully saturated rings. The molecular weight excluding hydrogens is 362 g/mol. The summed E-state index contributed by atoms with van der Waals surface area (Å²) >= 11 is 6.16. The van der Waals surface area contributed by atoms with Gasteiger partial charge in [0.15, 0.2) is 6.04 Å². The number of carbonyl (C=O) groups is 1. The maximum absolute atomic E-state index is 12.6. The van der Waals surface area contributed by atoms with Crippen LogP contribution in [0.2, 0.25) is 5.02 Å². The maximum atomic E-state index is 12.6. The number of nitrogens with one attached hydrogen (secondary N) is 2. The van der Waals surface area contributed by atoms with Crippen LogP contribution in [0.15, 0.2) is 48.5 Å². The molecule has 0 saturated carbocycles. The average Bonchev–Trinajstić information content (AvgIpc) is 2.72. The molecule has 1 amide bonds. The SMILES string of the molecule is COc1ccccc1N1CC[NH+]([C@@H](C)C(=O)NCc2ccccc2Cl)CC1. The van der Waals surface area contributed by atoms with Crippen molar-refractivity contribution in [2.24, 2.45) is 0 Å². The number of methoxy groups -OCH3 is 1. The third-order valence-electron chi connectivity index (χ3n) is 5.25. The number of nitrogens with zero attached hydrogens (tertiary/aromatic N) is 1. The summed E-state index contributed by atoms with van der Waals surface area (Å²) in [7, 11) is 1.70. The van der Waals surface area contributed by atoms with Gasteiger partial charge in [-0.2, -0.15) is 0 Å². The number of ether oxygens (including phenoxy) is 1. The molecule has 1 aliphatic heterocycles. The smallest absolute Gasteiger partial charge is 0.278 e. The third kappa shape index (κ3) is 4.73. The highest BCUT2D eigenvalue weighted by atomic mass is 35.5. The summed E-state index contributed by atoms with van der Waals surface area (Å²) in [5.41, 5.74) is 2.06. The fourth-order valence-electron chi connectivity index (χ4n) is 3.52. The lowest BCUT2D eigenvalue weighted by atomic mass is 10.1. The number of amides is 1. The summed E-state index contributed by atoms with van der Waals surface area (Å²) in [4.78, 5) is 16.2. The number of rotatable bonds is 6. The Bertz CT molecular complexity index is 776. The van der Waals surface area contributed by atoms with Crippen molar-refractivity contribution in [3.8, 4) is 5.75 Å². The fourth-order valence-corrected chi connectivity index (χ4v) is 3.72. The van der Waals surface area contributed by atoms with Gasteiger partial charge in [0, 0.05) is 11.6 Å². The molecule has 1 atom stereocenters. The standard InChI is InChI=1S/C21H26ClN3O2/c1-16(21(26)23-15-17-7-3-4-8-18(17)22)24-11-13-25(14-12-24)19-9-5-6-10-20(19)27-2/h3-10,16H,11-15H2,1-2H3,(H,23,26)/p+1/t16-/m0/s1. The van der Waals surface area contributed by atoms with Crippen molar-refractivity contribution in [1.29, 1.82) is 0 Å². The number of carbonyl (C=O) groups excluding carboxylic acids is 1. The monoisotopic (exact) mass is 388 g/mol. The minimum atomic E-state index is -0.0905. The van der Waals surface area contributed by atoms with Gasteiger partial charge in [-0.1, -0.05) is 41.9 Å². The lowest BCUT2D eigenvalue weighted by Crippen LogP contribution is -3.19. The molecule has 0 unspecified atom stereocenters. The number of hydrogen-bond donors (Lipinski definition) is 2. The van der Waals surface area contributed by atoms with Crippen LogP contribution in [0.25, 0.3) is 0 Å². The predicted molar refractivity (Wildman–Crippen MR) is 109 cm³/mol. The van der Waals surface area contributed by atoms with Crippen LogP contribution >= 0.6 is 11.6 Å². The van der Waals surface area contributed by atoms with E-state index >= 15 is 0 Å². The van der Waals surface area contributed by atoms with Gasteiger partial charge in [0.05, 0.1) is 39.0 Å². The minimum absolute atomic E-state index is 0.0654. The normalized spacial score (nSPS) is 16.0. The molecule has 2 N–H and O–H groups in total. The number of halogens is 1. The van der Waals surface area contributed by atoms with Gasteiger partial charge < -0.3 is 19.9 Å². The van der Waals surface area contributed by atoms with Crippen LogP contribution in [0.4, 0.5) is 5.69 Å². The van der Waals surface area contributed by atoms with E-state index in [1.807, 2.05) is 49.4 Å². The molecule has 0 aromatic heterocycles. The zero-order chi connectivity index (χ0) is 19.2. The Kier molecular flexibility index (Phi) is 6.58. The molecule has 1 aliphatic rings. The molecule has 144 valence electrons. The molecule has 0 aliphatic carbocycles. The van der Waals surface area contributed by atoms with Crippen LogP contribution in [-0.2, 0) is 11.3 Å². The van der Waals surface area contributed by atoms with Crippen molar-refractivity contribution < 1.29 is 14.4 Å². The second-order valence-electron chi connectivity index (χ2n) is 6.85. The van der Waals surface area contributed by atoms with Crippen molar-refractivity contribution >= 4 is 23.2 Å².